The molecular weight excluding hydrogens is 124 g/mol. The van der Waals surface area contributed by atoms with Crippen molar-refractivity contribution in [3.05, 3.63) is 5.53 Å². The molecule has 2 atom stereocenters. The Hall–Kier alpha value is -0.620. The summed E-state index contributed by atoms with van der Waals surface area (Å²) in [7, 11) is 0. The molecule has 2 aliphatic carbocycles. The number of fused-ring (bicyclic) bond motifs is 1. The largest absolute Gasteiger partial charge is 0.362 e. The van der Waals surface area contributed by atoms with Gasteiger partial charge in [0.2, 0.25) is 0 Å². The maximum atomic E-state index is 8.60. The Balaban J connectivity index is 2.15. The summed E-state index contributed by atoms with van der Waals surface area (Å²) < 4.78 is 0. The summed E-state index contributed by atoms with van der Waals surface area (Å²) in [5.74, 6) is 1.54. The molecule has 0 bridgehead atoms. The summed E-state index contributed by atoms with van der Waals surface area (Å²) in [5.41, 5.74) is 9.67. The molecule has 0 saturated heterocycles. The molecule has 0 aromatic heterocycles. The van der Waals surface area contributed by atoms with Crippen LogP contribution in [0.2, 0.25) is 0 Å². The van der Waals surface area contributed by atoms with Crippen LogP contribution >= 0.6 is 0 Å². The van der Waals surface area contributed by atoms with E-state index in [0.717, 1.165) is 18.1 Å². The Bertz CT molecular complexity index is 191. The summed E-state index contributed by atoms with van der Waals surface area (Å²) in [6, 6.07) is 0. The summed E-state index contributed by atoms with van der Waals surface area (Å²) in [6.07, 6.45) is 6.27. The van der Waals surface area contributed by atoms with Gasteiger partial charge in [0.1, 0.15) is 0 Å². The molecule has 0 aliphatic heterocycles. The van der Waals surface area contributed by atoms with Crippen LogP contribution in [0.4, 0.5) is 0 Å². The average Bonchev–Trinajstić information content (AvgIpc) is 1.91. The summed E-state index contributed by atoms with van der Waals surface area (Å²) >= 11 is 0. The second kappa shape index (κ2) is 2.21. The first-order chi connectivity index (χ1) is 4.92. The third-order valence-electron chi connectivity index (χ3n) is 2.98. The number of hydrogen-bond acceptors (Lipinski definition) is 0. The van der Waals surface area contributed by atoms with E-state index in [2.05, 4.69) is 4.79 Å². The lowest BCUT2D eigenvalue weighted by atomic mass is 9.65. The molecule has 2 rings (SSSR count). The highest BCUT2D eigenvalue weighted by Crippen LogP contribution is 2.42. The van der Waals surface area contributed by atoms with Crippen LogP contribution in [-0.2, 0) is 0 Å². The molecule has 0 heterocycles. The first kappa shape index (κ1) is 6.11. The van der Waals surface area contributed by atoms with E-state index in [0.29, 0.717) is 5.92 Å². The third-order valence-corrected chi connectivity index (χ3v) is 2.98. The predicted octanol–water partition coefficient (Wildman–Crippen LogP) is 1.87. The van der Waals surface area contributed by atoms with Gasteiger partial charge < -0.3 is 5.53 Å². The highest BCUT2D eigenvalue weighted by atomic mass is 14.9. The van der Waals surface area contributed by atoms with Crippen LogP contribution in [0.1, 0.15) is 32.1 Å². The number of nitrogens with zero attached hydrogens (tertiary/aromatic N) is 2. The minimum Gasteiger partial charge on any atom is -0.362 e. The van der Waals surface area contributed by atoms with Crippen molar-refractivity contribution < 1.29 is 4.79 Å². The predicted molar refractivity (Wildman–Crippen MR) is 38.7 cm³/mol. The Labute approximate surface area is 60.9 Å². The minimum absolute atomic E-state index is 0.666. The molecule has 10 heavy (non-hydrogen) atoms. The van der Waals surface area contributed by atoms with Crippen molar-refractivity contribution in [1.82, 2.24) is 0 Å². The van der Waals surface area contributed by atoms with Crippen molar-refractivity contribution in [2.75, 3.05) is 0 Å². The van der Waals surface area contributed by atoms with E-state index >= 15 is 0 Å². The lowest BCUT2D eigenvalue weighted by molar-refractivity contribution is -0.0304. The van der Waals surface area contributed by atoms with Crippen molar-refractivity contribution in [1.29, 1.82) is 0 Å². The molecule has 0 amide bonds. The molecule has 2 aliphatic rings. The topological polar surface area (TPSA) is 36.4 Å². The zero-order valence-corrected chi connectivity index (χ0v) is 6.08. The van der Waals surface area contributed by atoms with E-state index in [1.54, 1.807) is 0 Å². The van der Waals surface area contributed by atoms with Crippen molar-refractivity contribution >= 4 is 5.71 Å². The van der Waals surface area contributed by atoms with Crippen LogP contribution < -0.4 is 0 Å². The molecule has 0 N–H and O–H groups in total. The molecule has 2 saturated carbocycles. The van der Waals surface area contributed by atoms with E-state index in [-0.39, 0.29) is 0 Å². The Morgan fingerprint density at radius 1 is 1.30 bits per heavy atom. The molecule has 2 fully saturated rings. The van der Waals surface area contributed by atoms with E-state index in [9.17, 15) is 0 Å². The summed E-state index contributed by atoms with van der Waals surface area (Å²) in [6.45, 7) is 0. The van der Waals surface area contributed by atoms with Crippen LogP contribution in [0.15, 0.2) is 0 Å². The second-order valence-electron chi connectivity index (χ2n) is 3.43. The standard InChI is InChI=1S/C8H12N2/c9-10-8-3-1-2-6-4-5-7(6)8/h6-7H,1-5H2/t6-,7+/m0/s1. The van der Waals surface area contributed by atoms with Gasteiger partial charge in [-0.05, 0) is 31.6 Å². The fraction of sp³-hybridized carbons (Fsp3) is 0.875. The smallest absolute Gasteiger partial charge is 0.272 e. The molecular formula is C8H12N2. The number of hydrogen-bond donors (Lipinski definition) is 0. The zero-order chi connectivity index (χ0) is 6.97. The zero-order valence-electron chi connectivity index (χ0n) is 6.08. The van der Waals surface area contributed by atoms with Gasteiger partial charge in [0.15, 0.2) is 0 Å². The summed E-state index contributed by atoms with van der Waals surface area (Å²) in [5, 5.41) is 0. The van der Waals surface area contributed by atoms with E-state index in [4.69, 9.17) is 5.53 Å². The lowest BCUT2D eigenvalue weighted by Gasteiger charge is -2.36. The molecule has 0 unspecified atom stereocenters. The third kappa shape index (κ3) is 0.723. The first-order valence-electron chi connectivity index (χ1n) is 4.12. The first-order valence-corrected chi connectivity index (χ1v) is 4.12. The maximum absolute atomic E-state index is 8.60. The van der Waals surface area contributed by atoms with Gasteiger partial charge in [0, 0.05) is 6.42 Å². The van der Waals surface area contributed by atoms with Gasteiger partial charge in [-0.1, -0.05) is 0 Å². The van der Waals surface area contributed by atoms with Crippen LogP contribution in [0.25, 0.3) is 5.53 Å². The highest BCUT2D eigenvalue weighted by Gasteiger charge is 2.41. The quantitative estimate of drug-likeness (QED) is 0.360. The van der Waals surface area contributed by atoms with Crippen molar-refractivity contribution in [3.8, 4) is 0 Å². The van der Waals surface area contributed by atoms with Gasteiger partial charge >= 0.3 is 0 Å². The molecule has 0 radical (unpaired) electrons. The van der Waals surface area contributed by atoms with Crippen LogP contribution in [0.3, 0.4) is 0 Å². The maximum Gasteiger partial charge on any atom is 0.272 e. The average molecular weight is 136 g/mol. The van der Waals surface area contributed by atoms with Crippen LogP contribution in [-0.4, -0.2) is 10.5 Å². The van der Waals surface area contributed by atoms with Gasteiger partial charge in [-0.2, -0.15) is 4.79 Å². The number of rotatable bonds is 0. The molecule has 0 aromatic carbocycles. The van der Waals surface area contributed by atoms with E-state index < -0.39 is 0 Å². The van der Waals surface area contributed by atoms with Gasteiger partial charge in [0.25, 0.3) is 5.71 Å². The van der Waals surface area contributed by atoms with Crippen molar-refractivity contribution in [3.63, 3.8) is 0 Å². The van der Waals surface area contributed by atoms with Crippen LogP contribution in [0.5, 0.6) is 0 Å². The fourth-order valence-corrected chi connectivity index (χ4v) is 2.21. The van der Waals surface area contributed by atoms with Gasteiger partial charge in [-0.15, -0.1) is 0 Å². The van der Waals surface area contributed by atoms with Crippen molar-refractivity contribution in [2.45, 2.75) is 32.1 Å². The Morgan fingerprint density at radius 3 is 2.70 bits per heavy atom. The second-order valence-corrected chi connectivity index (χ2v) is 3.43. The van der Waals surface area contributed by atoms with Crippen molar-refractivity contribution in [2.24, 2.45) is 11.8 Å². The molecule has 2 heteroatoms. The van der Waals surface area contributed by atoms with E-state index in [1.807, 2.05) is 0 Å². The molecule has 0 spiro atoms. The van der Waals surface area contributed by atoms with Gasteiger partial charge in [-0.3, -0.25) is 0 Å². The van der Waals surface area contributed by atoms with Gasteiger partial charge in [0.05, 0.1) is 5.92 Å². The molecule has 54 valence electrons. The fourth-order valence-electron chi connectivity index (χ4n) is 2.21. The van der Waals surface area contributed by atoms with Gasteiger partial charge in [-0.25, -0.2) is 0 Å². The monoisotopic (exact) mass is 136 g/mol. The Kier molecular flexibility index (Phi) is 1.35. The van der Waals surface area contributed by atoms with Crippen LogP contribution in [0, 0.1) is 11.8 Å². The van der Waals surface area contributed by atoms with E-state index in [1.165, 1.54) is 25.7 Å². The lowest BCUT2D eigenvalue weighted by Crippen LogP contribution is -2.36. The Morgan fingerprint density at radius 2 is 2.20 bits per heavy atom. The normalized spacial score (nSPS) is 37.8. The highest BCUT2D eigenvalue weighted by molar-refractivity contribution is 5.83. The molecule has 0 aromatic rings. The molecule has 2 nitrogen and oxygen atoms in total. The SMILES string of the molecule is [N-]=[N+]=C1CCC[C@H]2CC[C@@H]12. The summed E-state index contributed by atoms with van der Waals surface area (Å²) in [4.78, 5) is 3.35. The minimum atomic E-state index is 0.666.